The molecule has 0 N–H and O–H groups in total. The Balaban J connectivity index is 1.38. The van der Waals surface area contributed by atoms with Crippen LogP contribution in [0, 0.1) is 0 Å². The van der Waals surface area contributed by atoms with E-state index in [1.165, 1.54) is 16.8 Å². The molecule has 1 amide bonds. The minimum absolute atomic E-state index is 0.123. The molecule has 0 saturated heterocycles. The Morgan fingerprint density at radius 3 is 2.81 bits per heavy atom. The van der Waals surface area contributed by atoms with Gasteiger partial charge in [-0.25, -0.2) is 5.01 Å². The molecule has 1 aliphatic heterocycles. The molecule has 1 aliphatic rings. The second kappa shape index (κ2) is 8.27. The van der Waals surface area contributed by atoms with E-state index in [1.807, 2.05) is 65.2 Å². The number of nitrogens with zero attached hydrogens (tertiary/aromatic N) is 5. The van der Waals surface area contributed by atoms with Crippen LogP contribution in [0.1, 0.15) is 23.8 Å². The highest BCUT2D eigenvalue weighted by Gasteiger charge is 2.34. The number of furan rings is 1. The van der Waals surface area contributed by atoms with Crippen molar-refractivity contribution in [1.82, 2.24) is 19.6 Å². The molecule has 0 fully saturated rings. The van der Waals surface area contributed by atoms with Crippen LogP contribution in [0.5, 0.6) is 5.75 Å². The summed E-state index contributed by atoms with van der Waals surface area (Å²) < 4.78 is 12.7. The smallest absolute Gasteiger partial charge is 0.253 e. The lowest BCUT2D eigenvalue weighted by Crippen LogP contribution is -2.28. The fourth-order valence-corrected chi connectivity index (χ4v) is 4.29. The van der Waals surface area contributed by atoms with Gasteiger partial charge >= 0.3 is 0 Å². The van der Waals surface area contributed by atoms with Crippen LogP contribution in [-0.2, 0) is 4.79 Å². The minimum Gasteiger partial charge on any atom is -0.497 e. The van der Waals surface area contributed by atoms with Gasteiger partial charge in [0.25, 0.3) is 5.91 Å². The van der Waals surface area contributed by atoms with Crippen molar-refractivity contribution in [2.45, 2.75) is 17.6 Å². The summed E-state index contributed by atoms with van der Waals surface area (Å²) in [6.07, 6.45) is 4.06. The SMILES string of the molecule is COc1ccc(C2=NN(C(=O)CSc3nnc4ccccn34)C(c3ccco3)C2)cc1. The number of hydrogen-bond donors (Lipinski definition) is 0. The van der Waals surface area contributed by atoms with Gasteiger partial charge < -0.3 is 9.15 Å². The van der Waals surface area contributed by atoms with Crippen LogP contribution in [0.25, 0.3) is 5.65 Å². The number of methoxy groups -OCH3 is 1. The molecular weight excluding hydrogens is 414 g/mol. The molecule has 5 rings (SSSR count). The average Bonchev–Trinajstić information content (AvgIpc) is 3.57. The number of hydrazone groups is 1. The molecule has 0 spiro atoms. The molecule has 1 aromatic carbocycles. The zero-order valence-electron chi connectivity index (χ0n) is 16.7. The van der Waals surface area contributed by atoms with Gasteiger partial charge in [-0.2, -0.15) is 5.10 Å². The second-order valence-electron chi connectivity index (χ2n) is 6.95. The number of thioether (sulfide) groups is 1. The highest BCUT2D eigenvalue weighted by molar-refractivity contribution is 7.99. The fraction of sp³-hybridized carbons (Fsp3) is 0.182. The lowest BCUT2D eigenvalue weighted by molar-refractivity contribution is -0.130. The standard InChI is InChI=1S/C22H19N5O3S/c1-29-16-9-7-15(8-10-16)17-13-18(19-5-4-12-30-19)27(25-17)21(28)14-31-22-24-23-20-6-2-3-11-26(20)22/h2-12,18H,13-14H2,1H3. The maximum absolute atomic E-state index is 13.1. The number of carbonyl (C=O) groups is 1. The van der Waals surface area contributed by atoms with Gasteiger partial charge in [-0.05, 0) is 54.1 Å². The lowest BCUT2D eigenvalue weighted by Gasteiger charge is -2.19. The van der Waals surface area contributed by atoms with Crippen LogP contribution >= 0.6 is 11.8 Å². The Kier molecular flexibility index (Phi) is 5.17. The first-order valence-electron chi connectivity index (χ1n) is 9.73. The van der Waals surface area contributed by atoms with Crippen molar-refractivity contribution in [3.63, 3.8) is 0 Å². The number of amides is 1. The third-order valence-corrected chi connectivity index (χ3v) is 6.00. The molecule has 0 bridgehead atoms. The van der Waals surface area contributed by atoms with Gasteiger partial charge in [-0.3, -0.25) is 9.20 Å². The van der Waals surface area contributed by atoms with Crippen LogP contribution in [0.3, 0.4) is 0 Å². The van der Waals surface area contributed by atoms with Gasteiger partial charge in [0, 0.05) is 12.6 Å². The van der Waals surface area contributed by atoms with E-state index < -0.39 is 0 Å². The number of ether oxygens (including phenoxy) is 1. The number of benzene rings is 1. The fourth-order valence-electron chi connectivity index (χ4n) is 3.51. The number of carbonyl (C=O) groups excluding carboxylic acids is 1. The summed E-state index contributed by atoms with van der Waals surface area (Å²) in [6, 6.07) is 16.7. The predicted molar refractivity (Wildman–Crippen MR) is 116 cm³/mol. The molecule has 0 aliphatic carbocycles. The average molecular weight is 433 g/mol. The Bertz CT molecular complexity index is 1230. The van der Waals surface area contributed by atoms with Crippen molar-refractivity contribution < 1.29 is 13.9 Å². The first kappa shape index (κ1) is 19.4. The second-order valence-corrected chi connectivity index (χ2v) is 7.89. The number of pyridine rings is 1. The van der Waals surface area contributed by atoms with Crippen LogP contribution < -0.4 is 4.74 Å². The van der Waals surface area contributed by atoms with E-state index in [0.29, 0.717) is 17.3 Å². The van der Waals surface area contributed by atoms with Crippen molar-refractivity contribution in [2.75, 3.05) is 12.9 Å². The molecule has 1 unspecified atom stereocenters. The van der Waals surface area contributed by atoms with Gasteiger partial charge in [0.15, 0.2) is 10.8 Å². The molecule has 0 radical (unpaired) electrons. The first-order valence-corrected chi connectivity index (χ1v) is 10.7. The molecular formula is C22H19N5O3S. The van der Waals surface area contributed by atoms with Gasteiger partial charge in [0.05, 0.1) is 24.8 Å². The van der Waals surface area contributed by atoms with Gasteiger partial charge in [-0.15, -0.1) is 10.2 Å². The Morgan fingerprint density at radius 1 is 1.16 bits per heavy atom. The lowest BCUT2D eigenvalue weighted by atomic mass is 10.0. The third-order valence-electron chi connectivity index (χ3n) is 5.07. The summed E-state index contributed by atoms with van der Waals surface area (Å²) in [4.78, 5) is 13.1. The molecule has 156 valence electrons. The van der Waals surface area contributed by atoms with Crippen molar-refractivity contribution >= 4 is 29.0 Å². The summed E-state index contributed by atoms with van der Waals surface area (Å²) in [5.74, 6) is 1.54. The quantitative estimate of drug-likeness (QED) is 0.430. The number of fused-ring (bicyclic) bond motifs is 1. The van der Waals surface area contributed by atoms with E-state index in [9.17, 15) is 4.79 Å². The van der Waals surface area contributed by atoms with Crippen LogP contribution in [-0.4, -0.2) is 44.1 Å². The Hall–Kier alpha value is -3.59. The van der Waals surface area contributed by atoms with Gasteiger partial charge in [0.2, 0.25) is 0 Å². The monoisotopic (exact) mass is 433 g/mol. The third kappa shape index (κ3) is 3.79. The molecule has 8 nitrogen and oxygen atoms in total. The number of rotatable bonds is 6. The highest BCUT2D eigenvalue weighted by Crippen LogP contribution is 2.34. The molecule has 4 aromatic rings. The van der Waals surface area contributed by atoms with Crippen LogP contribution in [0.2, 0.25) is 0 Å². The summed E-state index contributed by atoms with van der Waals surface area (Å²) >= 11 is 1.33. The van der Waals surface area contributed by atoms with Crippen LogP contribution in [0.4, 0.5) is 0 Å². The zero-order chi connectivity index (χ0) is 21.2. The van der Waals surface area contributed by atoms with E-state index in [2.05, 4.69) is 15.3 Å². The van der Waals surface area contributed by atoms with Crippen molar-refractivity contribution in [1.29, 1.82) is 0 Å². The van der Waals surface area contributed by atoms with E-state index >= 15 is 0 Å². The number of aromatic nitrogens is 3. The van der Waals surface area contributed by atoms with E-state index in [1.54, 1.807) is 13.4 Å². The summed E-state index contributed by atoms with van der Waals surface area (Å²) in [5, 5.41) is 15.2. The highest BCUT2D eigenvalue weighted by atomic mass is 32.2. The first-order chi connectivity index (χ1) is 15.2. The minimum atomic E-state index is -0.282. The van der Waals surface area contributed by atoms with Crippen molar-refractivity contribution in [3.05, 3.63) is 78.4 Å². The maximum Gasteiger partial charge on any atom is 0.253 e. The predicted octanol–water partition coefficient (Wildman–Crippen LogP) is 3.80. The molecule has 31 heavy (non-hydrogen) atoms. The topological polar surface area (TPSA) is 85.2 Å². The molecule has 1 atom stereocenters. The van der Waals surface area contributed by atoms with E-state index in [4.69, 9.17) is 9.15 Å². The van der Waals surface area contributed by atoms with Crippen molar-refractivity contribution in [3.8, 4) is 5.75 Å². The molecule has 9 heteroatoms. The van der Waals surface area contributed by atoms with Crippen molar-refractivity contribution in [2.24, 2.45) is 5.10 Å². The molecule has 3 aromatic heterocycles. The maximum atomic E-state index is 13.1. The summed E-state index contributed by atoms with van der Waals surface area (Å²) in [5.41, 5.74) is 2.52. The molecule has 4 heterocycles. The Morgan fingerprint density at radius 2 is 2.03 bits per heavy atom. The van der Waals surface area contributed by atoms with Gasteiger partial charge in [-0.1, -0.05) is 17.8 Å². The van der Waals surface area contributed by atoms with E-state index in [-0.39, 0.29) is 17.7 Å². The largest absolute Gasteiger partial charge is 0.497 e. The molecule has 0 saturated carbocycles. The number of hydrogen-bond acceptors (Lipinski definition) is 7. The Labute approximate surface area is 182 Å². The normalized spacial score (nSPS) is 16.0. The van der Waals surface area contributed by atoms with Crippen LogP contribution in [0.15, 0.2) is 81.7 Å². The zero-order valence-corrected chi connectivity index (χ0v) is 17.5. The summed E-state index contributed by atoms with van der Waals surface area (Å²) in [7, 11) is 1.63. The van der Waals surface area contributed by atoms with E-state index in [0.717, 1.165) is 22.7 Å². The van der Waals surface area contributed by atoms with Gasteiger partial charge in [0.1, 0.15) is 17.6 Å². The summed E-state index contributed by atoms with van der Waals surface area (Å²) in [6.45, 7) is 0.